The van der Waals surface area contributed by atoms with Crippen molar-refractivity contribution in [2.75, 3.05) is 13.2 Å². The Hall–Kier alpha value is -0.570. The predicted molar refractivity (Wildman–Crippen MR) is 65.2 cm³/mol. The molecule has 0 aromatic carbocycles. The number of carbonyl (C=O) groups is 1. The summed E-state index contributed by atoms with van der Waals surface area (Å²) in [4.78, 5) is 11.2. The molecule has 1 N–H and O–H groups in total. The van der Waals surface area contributed by atoms with E-state index in [1.54, 1.807) is 0 Å². The fourth-order valence-electron chi connectivity index (χ4n) is 2.42. The smallest absolute Gasteiger partial charge is 0.307 e. The van der Waals surface area contributed by atoms with Crippen LogP contribution in [0, 0.1) is 11.8 Å². The third-order valence-corrected chi connectivity index (χ3v) is 3.34. The van der Waals surface area contributed by atoms with E-state index in [1.165, 1.54) is 19.3 Å². The van der Waals surface area contributed by atoms with Gasteiger partial charge in [-0.3, -0.25) is 4.79 Å². The Morgan fingerprint density at radius 2 is 2.25 bits per heavy atom. The van der Waals surface area contributed by atoms with Gasteiger partial charge in [0.1, 0.15) is 0 Å². The SMILES string of the molecule is CCOC(=O)CC(C)NCC1CCC(C)C1. The van der Waals surface area contributed by atoms with Crippen LogP contribution in [-0.2, 0) is 9.53 Å². The minimum Gasteiger partial charge on any atom is -0.466 e. The quantitative estimate of drug-likeness (QED) is 0.708. The van der Waals surface area contributed by atoms with Crippen molar-refractivity contribution < 1.29 is 9.53 Å². The maximum atomic E-state index is 11.2. The minimum atomic E-state index is -0.0951. The summed E-state index contributed by atoms with van der Waals surface area (Å²) >= 11 is 0. The largest absolute Gasteiger partial charge is 0.466 e. The first-order valence-corrected chi connectivity index (χ1v) is 6.50. The Bertz CT molecular complexity index is 218. The minimum absolute atomic E-state index is 0.0951. The monoisotopic (exact) mass is 227 g/mol. The number of esters is 1. The average Bonchev–Trinajstić information content (AvgIpc) is 2.61. The molecule has 0 spiro atoms. The highest BCUT2D eigenvalue weighted by Crippen LogP contribution is 2.29. The molecule has 1 fully saturated rings. The highest BCUT2D eigenvalue weighted by atomic mass is 16.5. The number of ether oxygens (including phenoxy) is 1. The fraction of sp³-hybridized carbons (Fsp3) is 0.923. The van der Waals surface area contributed by atoms with E-state index in [0.717, 1.165) is 18.4 Å². The zero-order valence-electron chi connectivity index (χ0n) is 10.8. The molecule has 0 bridgehead atoms. The van der Waals surface area contributed by atoms with Gasteiger partial charge in [-0.2, -0.15) is 0 Å². The standard InChI is InChI=1S/C13H25NO2/c1-4-16-13(15)8-11(3)14-9-12-6-5-10(2)7-12/h10-12,14H,4-9H2,1-3H3. The Morgan fingerprint density at radius 3 is 2.81 bits per heavy atom. The van der Waals surface area contributed by atoms with Crippen LogP contribution < -0.4 is 5.32 Å². The summed E-state index contributed by atoms with van der Waals surface area (Å²) in [5, 5.41) is 3.43. The van der Waals surface area contributed by atoms with E-state index in [1.807, 2.05) is 6.92 Å². The van der Waals surface area contributed by atoms with E-state index in [-0.39, 0.29) is 12.0 Å². The summed E-state index contributed by atoms with van der Waals surface area (Å²) < 4.78 is 4.92. The van der Waals surface area contributed by atoms with Gasteiger partial charge in [0, 0.05) is 6.04 Å². The molecule has 0 radical (unpaired) electrons. The first-order valence-electron chi connectivity index (χ1n) is 6.50. The zero-order chi connectivity index (χ0) is 12.0. The molecule has 0 heterocycles. The molecule has 1 aliphatic carbocycles. The topological polar surface area (TPSA) is 38.3 Å². The van der Waals surface area contributed by atoms with Crippen molar-refractivity contribution in [3.05, 3.63) is 0 Å². The van der Waals surface area contributed by atoms with Crippen LogP contribution in [0.5, 0.6) is 0 Å². The second kappa shape index (κ2) is 6.89. The molecule has 0 aromatic rings. The number of nitrogens with one attached hydrogen (secondary N) is 1. The number of hydrogen-bond donors (Lipinski definition) is 1. The summed E-state index contributed by atoms with van der Waals surface area (Å²) in [5.74, 6) is 1.59. The van der Waals surface area contributed by atoms with Crippen molar-refractivity contribution in [2.24, 2.45) is 11.8 Å². The summed E-state index contributed by atoms with van der Waals surface area (Å²) in [7, 11) is 0. The van der Waals surface area contributed by atoms with Crippen LogP contribution in [0.1, 0.15) is 46.5 Å². The van der Waals surface area contributed by atoms with Crippen LogP contribution in [0.15, 0.2) is 0 Å². The average molecular weight is 227 g/mol. The van der Waals surface area contributed by atoms with Gasteiger partial charge in [0.05, 0.1) is 13.0 Å². The molecule has 0 aliphatic heterocycles. The summed E-state index contributed by atoms with van der Waals surface area (Å²) in [6, 6.07) is 0.231. The summed E-state index contributed by atoms with van der Waals surface area (Å²) in [5.41, 5.74) is 0. The number of carbonyl (C=O) groups excluding carboxylic acids is 1. The molecule has 3 unspecified atom stereocenters. The molecule has 1 aliphatic rings. The lowest BCUT2D eigenvalue weighted by Crippen LogP contribution is -2.32. The van der Waals surface area contributed by atoms with E-state index in [0.29, 0.717) is 13.0 Å². The van der Waals surface area contributed by atoms with Crippen molar-refractivity contribution in [2.45, 2.75) is 52.5 Å². The van der Waals surface area contributed by atoms with Gasteiger partial charge >= 0.3 is 5.97 Å². The molecule has 3 atom stereocenters. The molecule has 3 nitrogen and oxygen atoms in total. The molecule has 1 saturated carbocycles. The lowest BCUT2D eigenvalue weighted by atomic mass is 10.1. The van der Waals surface area contributed by atoms with Crippen molar-refractivity contribution >= 4 is 5.97 Å². The van der Waals surface area contributed by atoms with Gasteiger partial charge in [-0.15, -0.1) is 0 Å². The van der Waals surface area contributed by atoms with E-state index in [4.69, 9.17) is 4.74 Å². The lowest BCUT2D eigenvalue weighted by molar-refractivity contribution is -0.143. The van der Waals surface area contributed by atoms with Crippen LogP contribution >= 0.6 is 0 Å². The predicted octanol–water partition coefficient (Wildman–Crippen LogP) is 2.35. The van der Waals surface area contributed by atoms with Crippen LogP contribution in [0.4, 0.5) is 0 Å². The van der Waals surface area contributed by atoms with Gasteiger partial charge in [-0.1, -0.05) is 13.3 Å². The van der Waals surface area contributed by atoms with Crippen LogP contribution in [0.3, 0.4) is 0 Å². The first kappa shape index (κ1) is 13.5. The van der Waals surface area contributed by atoms with Crippen LogP contribution in [0.25, 0.3) is 0 Å². The molecular formula is C13H25NO2. The number of rotatable bonds is 6. The van der Waals surface area contributed by atoms with E-state index < -0.39 is 0 Å². The van der Waals surface area contributed by atoms with Crippen LogP contribution in [-0.4, -0.2) is 25.2 Å². The van der Waals surface area contributed by atoms with E-state index >= 15 is 0 Å². The molecule has 0 amide bonds. The number of hydrogen-bond acceptors (Lipinski definition) is 3. The highest BCUT2D eigenvalue weighted by Gasteiger charge is 2.21. The molecule has 3 heteroatoms. The van der Waals surface area contributed by atoms with Crippen molar-refractivity contribution in [1.29, 1.82) is 0 Å². The van der Waals surface area contributed by atoms with Gasteiger partial charge in [-0.25, -0.2) is 0 Å². The maximum absolute atomic E-state index is 11.2. The molecule has 94 valence electrons. The highest BCUT2D eigenvalue weighted by molar-refractivity contribution is 5.69. The molecular weight excluding hydrogens is 202 g/mol. The Labute approximate surface area is 98.9 Å². The van der Waals surface area contributed by atoms with E-state index in [2.05, 4.69) is 19.2 Å². The molecule has 16 heavy (non-hydrogen) atoms. The Morgan fingerprint density at radius 1 is 1.50 bits per heavy atom. The third kappa shape index (κ3) is 4.97. The van der Waals surface area contributed by atoms with Gasteiger partial charge < -0.3 is 10.1 Å². The van der Waals surface area contributed by atoms with Crippen molar-refractivity contribution in [1.82, 2.24) is 5.32 Å². The normalized spacial score (nSPS) is 26.7. The summed E-state index contributed by atoms with van der Waals surface area (Å²) in [6.45, 7) is 7.74. The Balaban J connectivity index is 2.10. The third-order valence-electron chi connectivity index (χ3n) is 3.34. The fourth-order valence-corrected chi connectivity index (χ4v) is 2.42. The first-order chi connectivity index (χ1) is 7.61. The second-order valence-corrected chi connectivity index (χ2v) is 5.10. The van der Waals surface area contributed by atoms with Crippen molar-refractivity contribution in [3.8, 4) is 0 Å². The molecule has 1 rings (SSSR count). The molecule has 0 aromatic heterocycles. The molecule has 0 saturated heterocycles. The Kier molecular flexibility index (Phi) is 5.81. The van der Waals surface area contributed by atoms with E-state index in [9.17, 15) is 4.79 Å². The summed E-state index contributed by atoms with van der Waals surface area (Å²) in [6.07, 6.45) is 4.51. The van der Waals surface area contributed by atoms with Gasteiger partial charge in [0.15, 0.2) is 0 Å². The van der Waals surface area contributed by atoms with Crippen molar-refractivity contribution in [3.63, 3.8) is 0 Å². The van der Waals surface area contributed by atoms with Crippen LogP contribution in [0.2, 0.25) is 0 Å². The van der Waals surface area contributed by atoms with Gasteiger partial charge in [0.25, 0.3) is 0 Å². The maximum Gasteiger partial charge on any atom is 0.307 e. The second-order valence-electron chi connectivity index (χ2n) is 5.10. The van der Waals surface area contributed by atoms with Gasteiger partial charge in [0.2, 0.25) is 0 Å². The lowest BCUT2D eigenvalue weighted by Gasteiger charge is -2.16. The zero-order valence-corrected chi connectivity index (χ0v) is 10.8. The van der Waals surface area contributed by atoms with Gasteiger partial charge in [-0.05, 0) is 45.1 Å².